The Labute approximate surface area is 116 Å². The van der Waals surface area contributed by atoms with Gasteiger partial charge in [-0.25, -0.2) is 9.37 Å². The van der Waals surface area contributed by atoms with Gasteiger partial charge in [0.15, 0.2) is 0 Å². The molecule has 0 aliphatic rings. The summed E-state index contributed by atoms with van der Waals surface area (Å²) in [4.78, 5) is 29.2. The average molecular weight is 297 g/mol. The minimum atomic E-state index is -0.784. The number of carbonyl (C=O) groups is 1. The van der Waals surface area contributed by atoms with Crippen LogP contribution in [0.1, 0.15) is 10.5 Å². The molecule has 2 rings (SSSR count). The molecule has 0 saturated heterocycles. The fourth-order valence-corrected chi connectivity index (χ4v) is 1.55. The second-order valence-electron chi connectivity index (χ2n) is 3.60. The lowest BCUT2D eigenvalue weighted by molar-refractivity contribution is -0.384. The summed E-state index contributed by atoms with van der Waals surface area (Å²) in [5.41, 5.74) is -0.854. The van der Waals surface area contributed by atoms with E-state index in [-0.39, 0.29) is 16.5 Å². The highest BCUT2D eigenvalue weighted by atomic mass is 35.5. The van der Waals surface area contributed by atoms with Gasteiger partial charge in [0.2, 0.25) is 0 Å². The SMILES string of the molecule is O=C(Nc1cc(F)ccc1[N+](=O)[O-])c1cncc(Cl)n1. The Kier molecular flexibility index (Phi) is 3.85. The van der Waals surface area contributed by atoms with Crippen LogP contribution < -0.4 is 5.32 Å². The van der Waals surface area contributed by atoms with E-state index in [0.717, 1.165) is 24.4 Å². The van der Waals surface area contributed by atoms with Gasteiger partial charge < -0.3 is 5.32 Å². The number of hydrogen-bond acceptors (Lipinski definition) is 5. The highest BCUT2D eigenvalue weighted by Gasteiger charge is 2.18. The number of nitrogens with one attached hydrogen (secondary N) is 1. The summed E-state index contributed by atoms with van der Waals surface area (Å²) in [5.74, 6) is -1.50. The molecule has 1 aromatic heterocycles. The maximum Gasteiger partial charge on any atom is 0.292 e. The largest absolute Gasteiger partial charge is 0.315 e. The minimum absolute atomic E-state index is 0.00797. The standard InChI is InChI=1S/C11H6ClFN4O3/c12-10-5-14-4-8(15-10)11(18)16-7-3-6(13)1-2-9(7)17(19)20/h1-5H,(H,16,18). The van der Waals surface area contributed by atoms with Gasteiger partial charge in [-0.2, -0.15) is 0 Å². The predicted octanol–water partition coefficient (Wildman–Crippen LogP) is 2.43. The van der Waals surface area contributed by atoms with Crippen molar-refractivity contribution < 1.29 is 14.1 Å². The molecular weight excluding hydrogens is 291 g/mol. The highest BCUT2D eigenvalue weighted by Crippen LogP contribution is 2.25. The predicted molar refractivity (Wildman–Crippen MR) is 68.0 cm³/mol. The van der Waals surface area contributed by atoms with E-state index in [1.54, 1.807) is 0 Å². The van der Waals surface area contributed by atoms with Gasteiger partial charge in [0.05, 0.1) is 17.3 Å². The van der Waals surface area contributed by atoms with E-state index in [0.29, 0.717) is 0 Å². The molecule has 2 aromatic rings. The van der Waals surface area contributed by atoms with E-state index in [2.05, 4.69) is 15.3 Å². The number of anilines is 1. The number of nitro benzene ring substituents is 1. The molecule has 0 unspecified atom stereocenters. The quantitative estimate of drug-likeness (QED) is 0.693. The van der Waals surface area contributed by atoms with Crippen LogP contribution in [0.5, 0.6) is 0 Å². The zero-order valence-electron chi connectivity index (χ0n) is 9.71. The van der Waals surface area contributed by atoms with Crippen molar-refractivity contribution in [2.45, 2.75) is 0 Å². The normalized spacial score (nSPS) is 10.1. The van der Waals surface area contributed by atoms with Gasteiger partial charge >= 0.3 is 0 Å². The van der Waals surface area contributed by atoms with E-state index < -0.39 is 22.3 Å². The van der Waals surface area contributed by atoms with E-state index >= 15 is 0 Å². The first-order valence-electron chi connectivity index (χ1n) is 5.20. The zero-order chi connectivity index (χ0) is 14.7. The number of aromatic nitrogens is 2. The van der Waals surface area contributed by atoms with Crippen LogP contribution in [-0.2, 0) is 0 Å². The molecule has 0 radical (unpaired) electrons. The van der Waals surface area contributed by atoms with Crippen molar-refractivity contribution in [3.63, 3.8) is 0 Å². The molecule has 0 aliphatic carbocycles. The third-order valence-corrected chi connectivity index (χ3v) is 2.42. The van der Waals surface area contributed by atoms with E-state index in [1.165, 1.54) is 6.20 Å². The summed E-state index contributed by atoms with van der Waals surface area (Å²) >= 11 is 5.58. The summed E-state index contributed by atoms with van der Waals surface area (Å²) in [7, 11) is 0. The number of amides is 1. The number of carbonyl (C=O) groups excluding carboxylic acids is 1. The molecule has 0 aliphatic heterocycles. The van der Waals surface area contributed by atoms with Crippen LogP contribution in [0, 0.1) is 15.9 Å². The minimum Gasteiger partial charge on any atom is -0.315 e. The Balaban J connectivity index is 2.32. The van der Waals surface area contributed by atoms with Gasteiger partial charge in [-0.15, -0.1) is 0 Å². The molecule has 102 valence electrons. The van der Waals surface area contributed by atoms with Gasteiger partial charge in [-0.3, -0.25) is 19.9 Å². The molecule has 0 fully saturated rings. The lowest BCUT2D eigenvalue weighted by Crippen LogP contribution is -2.15. The van der Waals surface area contributed by atoms with E-state index in [9.17, 15) is 19.3 Å². The molecular formula is C11H6ClFN4O3. The maximum absolute atomic E-state index is 13.1. The van der Waals surface area contributed by atoms with Crippen molar-refractivity contribution >= 4 is 28.9 Å². The molecule has 0 spiro atoms. The number of nitro groups is 1. The summed E-state index contributed by atoms with van der Waals surface area (Å²) < 4.78 is 13.1. The van der Waals surface area contributed by atoms with E-state index in [4.69, 9.17) is 11.6 Å². The zero-order valence-corrected chi connectivity index (χ0v) is 10.5. The number of hydrogen-bond donors (Lipinski definition) is 1. The molecule has 9 heteroatoms. The number of nitrogens with zero attached hydrogens (tertiary/aromatic N) is 3. The first-order valence-corrected chi connectivity index (χ1v) is 5.58. The Morgan fingerprint density at radius 1 is 1.40 bits per heavy atom. The first-order chi connectivity index (χ1) is 9.47. The van der Waals surface area contributed by atoms with Gasteiger partial charge in [-0.05, 0) is 6.07 Å². The molecule has 1 aromatic carbocycles. The lowest BCUT2D eigenvalue weighted by Gasteiger charge is -2.05. The van der Waals surface area contributed by atoms with Crippen molar-refractivity contribution in [3.8, 4) is 0 Å². The Morgan fingerprint density at radius 3 is 2.80 bits per heavy atom. The number of benzene rings is 1. The molecule has 0 saturated carbocycles. The molecule has 7 nitrogen and oxygen atoms in total. The van der Waals surface area contributed by atoms with Crippen molar-refractivity contribution in [1.82, 2.24) is 9.97 Å². The second kappa shape index (κ2) is 5.57. The fourth-order valence-electron chi connectivity index (χ4n) is 1.41. The molecule has 0 atom stereocenters. The van der Waals surface area contributed by atoms with Crippen LogP contribution in [-0.4, -0.2) is 20.8 Å². The fraction of sp³-hybridized carbons (Fsp3) is 0. The average Bonchev–Trinajstić information content (AvgIpc) is 2.38. The third kappa shape index (κ3) is 3.04. The molecule has 1 heterocycles. The molecule has 1 N–H and O–H groups in total. The molecule has 1 amide bonds. The Morgan fingerprint density at radius 2 is 2.15 bits per heavy atom. The number of halogens is 2. The highest BCUT2D eigenvalue weighted by molar-refractivity contribution is 6.29. The monoisotopic (exact) mass is 296 g/mol. The lowest BCUT2D eigenvalue weighted by atomic mass is 10.2. The second-order valence-corrected chi connectivity index (χ2v) is 3.99. The summed E-state index contributed by atoms with van der Waals surface area (Å²) in [5, 5.41) is 13.0. The van der Waals surface area contributed by atoms with Crippen LogP contribution in [0.4, 0.5) is 15.8 Å². The van der Waals surface area contributed by atoms with Gasteiger partial charge in [-0.1, -0.05) is 11.6 Å². The van der Waals surface area contributed by atoms with Crippen LogP contribution in [0.15, 0.2) is 30.6 Å². The van der Waals surface area contributed by atoms with Crippen LogP contribution in [0.25, 0.3) is 0 Å². The van der Waals surface area contributed by atoms with Crippen molar-refractivity contribution in [2.24, 2.45) is 0 Å². The Hall–Kier alpha value is -2.61. The smallest absolute Gasteiger partial charge is 0.292 e. The topological polar surface area (TPSA) is 98.0 Å². The summed E-state index contributed by atoms with van der Waals surface area (Å²) in [6.07, 6.45) is 2.36. The first kappa shape index (κ1) is 13.8. The third-order valence-electron chi connectivity index (χ3n) is 2.24. The van der Waals surface area contributed by atoms with Gasteiger partial charge in [0.1, 0.15) is 22.4 Å². The van der Waals surface area contributed by atoms with Crippen molar-refractivity contribution in [3.05, 3.63) is 57.4 Å². The van der Waals surface area contributed by atoms with Crippen LogP contribution in [0.3, 0.4) is 0 Å². The Bertz CT molecular complexity index is 695. The van der Waals surface area contributed by atoms with Crippen molar-refractivity contribution in [1.29, 1.82) is 0 Å². The molecule has 0 bridgehead atoms. The molecule has 20 heavy (non-hydrogen) atoms. The van der Waals surface area contributed by atoms with Crippen molar-refractivity contribution in [2.75, 3.05) is 5.32 Å². The van der Waals surface area contributed by atoms with Crippen LogP contribution in [0.2, 0.25) is 5.15 Å². The van der Waals surface area contributed by atoms with Gasteiger partial charge in [0.25, 0.3) is 11.6 Å². The van der Waals surface area contributed by atoms with Crippen LogP contribution >= 0.6 is 11.6 Å². The maximum atomic E-state index is 13.1. The van der Waals surface area contributed by atoms with E-state index in [1.807, 2.05) is 0 Å². The summed E-state index contributed by atoms with van der Waals surface area (Å²) in [6.45, 7) is 0. The summed E-state index contributed by atoms with van der Waals surface area (Å²) in [6, 6.07) is 2.72. The van der Waals surface area contributed by atoms with Gasteiger partial charge in [0, 0.05) is 12.1 Å². The number of rotatable bonds is 3.